The van der Waals surface area contributed by atoms with E-state index in [1.807, 2.05) is 59.6 Å². The molecule has 29 heavy (non-hydrogen) atoms. The number of fused-ring (bicyclic) bond motifs is 3. The van der Waals surface area contributed by atoms with Gasteiger partial charge in [-0.25, -0.2) is 0 Å². The average Bonchev–Trinajstić information content (AvgIpc) is 3.20. The number of hydrogen-bond donors (Lipinski definition) is 1. The summed E-state index contributed by atoms with van der Waals surface area (Å²) >= 11 is 6.00. The van der Waals surface area contributed by atoms with Gasteiger partial charge in [-0.1, -0.05) is 66.2 Å². The molecule has 0 bridgehead atoms. The summed E-state index contributed by atoms with van der Waals surface area (Å²) in [5.74, 6) is 0.753. The Bertz CT molecular complexity index is 1130. The fourth-order valence-electron chi connectivity index (χ4n) is 3.77. The van der Waals surface area contributed by atoms with Gasteiger partial charge in [0.05, 0.1) is 16.7 Å². The van der Waals surface area contributed by atoms with Crippen molar-refractivity contribution in [2.45, 2.75) is 12.3 Å². The molecule has 0 saturated heterocycles. The Morgan fingerprint density at radius 2 is 1.79 bits per heavy atom. The van der Waals surface area contributed by atoms with Crippen LogP contribution in [0.5, 0.6) is 5.75 Å². The predicted octanol–water partition coefficient (Wildman–Crippen LogP) is 5.24. The Labute approximate surface area is 172 Å². The van der Waals surface area contributed by atoms with Crippen LogP contribution in [0.15, 0.2) is 78.9 Å². The molecule has 2 aliphatic rings. The molecule has 0 unspecified atom stereocenters. The standard InChI is InChI=1S/C22H16ClN3O3/c23-17-11-10-15(12-20(17)26(27)28)22-25-19(16-8-4-5-9-21(16)29-22)13-18(24-25)14-6-2-1-3-7-14/h1-13,19,22,24H/t19-,22+/m0/s1. The highest BCUT2D eigenvalue weighted by atomic mass is 35.5. The third-order valence-electron chi connectivity index (χ3n) is 5.14. The summed E-state index contributed by atoms with van der Waals surface area (Å²) in [6.45, 7) is 0. The molecule has 0 aromatic heterocycles. The van der Waals surface area contributed by atoms with Crippen molar-refractivity contribution in [3.8, 4) is 5.75 Å². The van der Waals surface area contributed by atoms with E-state index in [1.54, 1.807) is 6.07 Å². The summed E-state index contributed by atoms with van der Waals surface area (Å²) in [6.07, 6.45) is 1.59. The highest BCUT2D eigenvalue weighted by Gasteiger charge is 2.40. The Morgan fingerprint density at radius 3 is 2.59 bits per heavy atom. The molecule has 3 aromatic carbocycles. The molecular weight excluding hydrogens is 390 g/mol. The van der Waals surface area contributed by atoms with E-state index in [4.69, 9.17) is 16.3 Å². The number of hydrogen-bond acceptors (Lipinski definition) is 5. The van der Waals surface area contributed by atoms with Crippen LogP contribution in [0.1, 0.15) is 29.0 Å². The quantitative estimate of drug-likeness (QED) is 0.476. The molecular formula is C22H16ClN3O3. The molecule has 2 aliphatic heterocycles. The molecule has 0 amide bonds. The molecule has 1 N–H and O–H groups in total. The molecule has 5 rings (SSSR count). The van der Waals surface area contributed by atoms with E-state index in [0.717, 1.165) is 22.6 Å². The van der Waals surface area contributed by atoms with Gasteiger partial charge < -0.3 is 10.2 Å². The number of benzene rings is 3. The van der Waals surface area contributed by atoms with Crippen LogP contribution in [0.2, 0.25) is 5.02 Å². The van der Waals surface area contributed by atoms with Crippen molar-refractivity contribution in [2.75, 3.05) is 0 Å². The van der Waals surface area contributed by atoms with Gasteiger partial charge in [-0.3, -0.25) is 10.1 Å². The van der Waals surface area contributed by atoms with Crippen LogP contribution >= 0.6 is 11.6 Å². The third kappa shape index (κ3) is 3.03. The van der Waals surface area contributed by atoms with Gasteiger partial charge in [-0.15, -0.1) is 0 Å². The highest BCUT2D eigenvalue weighted by Crippen LogP contribution is 2.46. The van der Waals surface area contributed by atoms with Crippen LogP contribution in [0.4, 0.5) is 5.69 Å². The Morgan fingerprint density at radius 1 is 1.03 bits per heavy atom. The second kappa shape index (κ2) is 6.92. The third-order valence-corrected chi connectivity index (χ3v) is 5.46. The zero-order valence-corrected chi connectivity index (χ0v) is 15.9. The lowest BCUT2D eigenvalue weighted by molar-refractivity contribution is -0.384. The number of nitrogens with zero attached hydrogens (tertiary/aromatic N) is 2. The summed E-state index contributed by atoms with van der Waals surface area (Å²) < 4.78 is 6.26. The monoisotopic (exact) mass is 405 g/mol. The lowest BCUT2D eigenvalue weighted by Gasteiger charge is -2.38. The van der Waals surface area contributed by atoms with E-state index in [-0.39, 0.29) is 16.8 Å². The van der Waals surface area contributed by atoms with Crippen molar-refractivity contribution in [1.29, 1.82) is 0 Å². The van der Waals surface area contributed by atoms with E-state index in [0.29, 0.717) is 5.56 Å². The lowest BCUT2D eigenvalue weighted by Crippen LogP contribution is -2.43. The summed E-state index contributed by atoms with van der Waals surface area (Å²) in [6, 6.07) is 22.5. The van der Waals surface area contributed by atoms with Crippen LogP contribution in [0.3, 0.4) is 0 Å². The van der Waals surface area contributed by atoms with Crippen LogP contribution in [-0.2, 0) is 0 Å². The minimum atomic E-state index is -0.552. The zero-order chi connectivity index (χ0) is 20.0. The molecule has 2 atom stereocenters. The summed E-state index contributed by atoms with van der Waals surface area (Å²) in [4.78, 5) is 10.9. The van der Waals surface area contributed by atoms with Gasteiger partial charge in [-0.2, -0.15) is 5.01 Å². The molecule has 0 spiro atoms. The molecule has 7 heteroatoms. The van der Waals surface area contributed by atoms with Crippen LogP contribution < -0.4 is 10.2 Å². The maximum absolute atomic E-state index is 11.4. The van der Waals surface area contributed by atoms with Gasteiger partial charge in [0.15, 0.2) is 6.23 Å². The van der Waals surface area contributed by atoms with Crippen molar-refractivity contribution >= 4 is 23.0 Å². The summed E-state index contributed by atoms with van der Waals surface area (Å²) in [5.41, 5.74) is 6.99. The Balaban J connectivity index is 1.59. The average molecular weight is 406 g/mol. The van der Waals surface area contributed by atoms with Crippen LogP contribution in [0, 0.1) is 10.1 Å². The minimum absolute atomic E-state index is 0.0742. The van der Waals surface area contributed by atoms with Crippen molar-refractivity contribution in [3.05, 3.63) is 111 Å². The predicted molar refractivity (Wildman–Crippen MR) is 110 cm³/mol. The smallest absolute Gasteiger partial charge is 0.288 e. The number of ether oxygens (including phenoxy) is 1. The van der Waals surface area contributed by atoms with Gasteiger partial charge in [0.2, 0.25) is 0 Å². The first-order valence-corrected chi connectivity index (χ1v) is 9.51. The van der Waals surface area contributed by atoms with Crippen molar-refractivity contribution in [1.82, 2.24) is 10.4 Å². The molecule has 3 aromatic rings. The largest absolute Gasteiger partial charge is 0.469 e. The van der Waals surface area contributed by atoms with E-state index < -0.39 is 11.2 Å². The van der Waals surface area contributed by atoms with Gasteiger partial charge in [-0.05, 0) is 23.8 Å². The van der Waals surface area contributed by atoms with E-state index in [2.05, 4.69) is 11.5 Å². The molecule has 2 heterocycles. The topological polar surface area (TPSA) is 67.6 Å². The number of para-hydroxylation sites is 1. The zero-order valence-electron chi connectivity index (χ0n) is 15.2. The van der Waals surface area contributed by atoms with E-state index in [9.17, 15) is 10.1 Å². The first-order chi connectivity index (χ1) is 14.1. The number of rotatable bonds is 3. The van der Waals surface area contributed by atoms with Crippen molar-refractivity contribution < 1.29 is 9.66 Å². The molecule has 0 aliphatic carbocycles. The molecule has 0 fully saturated rings. The maximum Gasteiger partial charge on any atom is 0.288 e. The fraction of sp³-hybridized carbons (Fsp3) is 0.0909. The Kier molecular flexibility index (Phi) is 4.23. The van der Waals surface area contributed by atoms with E-state index >= 15 is 0 Å². The number of nitrogens with one attached hydrogen (secondary N) is 1. The Hall–Kier alpha value is -3.35. The summed E-state index contributed by atoms with van der Waals surface area (Å²) in [7, 11) is 0. The van der Waals surface area contributed by atoms with Crippen LogP contribution in [-0.4, -0.2) is 9.93 Å². The molecule has 0 saturated carbocycles. The minimum Gasteiger partial charge on any atom is -0.469 e. The van der Waals surface area contributed by atoms with Crippen molar-refractivity contribution in [3.63, 3.8) is 0 Å². The number of nitro groups is 1. The first-order valence-electron chi connectivity index (χ1n) is 9.13. The SMILES string of the molecule is O=[N+]([O-])c1cc([C@H]2Oc3ccccc3[C@@H]3C=C(c4ccccc4)NN23)ccc1Cl. The first kappa shape index (κ1) is 17.7. The molecule has 0 radical (unpaired) electrons. The van der Waals surface area contributed by atoms with Crippen LogP contribution in [0.25, 0.3) is 5.70 Å². The second-order valence-electron chi connectivity index (χ2n) is 6.89. The normalized spacial score (nSPS) is 20.1. The maximum atomic E-state index is 11.4. The van der Waals surface area contributed by atoms with Gasteiger partial charge in [0, 0.05) is 17.2 Å². The van der Waals surface area contributed by atoms with Gasteiger partial charge in [0.1, 0.15) is 10.8 Å². The summed E-state index contributed by atoms with van der Waals surface area (Å²) in [5, 5.41) is 13.4. The number of halogens is 1. The van der Waals surface area contributed by atoms with Gasteiger partial charge >= 0.3 is 0 Å². The van der Waals surface area contributed by atoms with E-state index in [1.165, 1.54) is 12.1 Å². The fourth-order valence-corrected chi connectivity index (χ4v) is 3.95. The molecule has 144 valence electrons. The highest BCUT2D eigenvalue weighted by molar-refractivity contribution is 6.32. The molecule has 6 nitrogen and oxygen atoms in total. The van der Waals surface area contributed by atoms with Gasteiger partial charge in [0.25, 0.3) is 5.69 Å². The number of hydrazine groups is 1. The second-order valence-corrected chi connectivity index (χ2v) is 7.29. The lowest BCUT2D eigenvalue weighted by atomic mass is 10.0. The van der Waals surface area contributed by atoms with Crippen molar-refractivity contribution in [2.24, 2.45) is 0 Å². The number of nitro benzene ring substituents is 1.